The molecule has 0 aromatic rings. The van der Waals surface area contributed by atoms with Crippen LogP contribution in [0.4, 0.5) is 0 Å². The Morgan fingerprint density at radius 2 is 0.558 bits per heavy atom. The van der Waals surface area contributed by atoms with E-state index in [-0.39, 0.29) is 25.7 Å². The van der Waals surface area contributed by atoms with Gasteiger partial charge in [0.25, 0.3) is 0 Å². The van der Waals surface area contributed by atoms with Gasteiger partial charge in [0.2, 0.25) is 0 Å². The summed E-state index contributed by atoms with van der Waals surface area (Å²) in [7, 11) is -9.89. The molecule has 0 aliphatic carbocycles. The van der Waals surface area contributed by atoms with Gasteiger partial charge in [-0.2, -0.15) is 0 Å². The van der Waals surface area contributed by atoms with Gasteiger partial charge in [0.15, 0.2) is 12.2 Å². The van der Waals surface area contributed by atoms with Crippen LogP contribution >= 0.6 is 15.6 Å². The van der Waals surface area contributed by atoms with Crippen molar-refractivity contribution >= 4 is 39.5 Å². The number of rotatable bonds is 67. The van der Waals surface area contributed by atoms with Gasteiger partial charge >= 0.3 is 39.5 Å². The summed E-state index contributed by atoms with van der Waals surface area (Å²) in [5, 5.41) is 10.6. The third-order valence-electron chi connectivity index (χ3n) is 15.9. The number of hydrogen-bond donors (Lipinski definition) is 3. The maximum absolute atomic E-state index is 13.0. The van der Waals surface area contributed by atoms with Crippen molar-refractivity contribution in [2.75, 3.05) is 39.6 Å². The van der Waals surface area contributed by atoms with Crippen LogP contribution in [-0.4, -0.2) is 96.7 Å². The standard InChI is InChI=1S/C67H130O17P2/c1-6-10-13-16-19-22-25-26-27-28-30-33-36-42-47-52-66(71)83-62(56-77-65(70)51-46-41-35-32-29-23-20-17-14-11-7-2)58-81-85(73,74)79-54-61(68)55-80-86(75,76)82-59-63(84-67(72)53-48-43-38-37-39-44-49-60(5)9-4)57-78-64(69)50-45-40-34-31-24-21-18-15-12-8-3/h60-63,68H,6-59H2,1-5H3,(H,73,74)(H,75,76)/t60?,61-,62-,63-/m1/s1. The molecule has 0 spiro atoms. The lowest BCUT2D eigenvalue weighted by Gasteiger charge is -2.21. The second-order valence-corrected chi connectivity index (χ2v) is 27.4. The van der Waals surface area contributed by atoms with E-state index in [2.05, 4.69) is 34.6 Å². The SMILES string of the molecule is CCCCCCCCCCCCCCCCCC(=O)O[C@H](COC(=O)CCCCCCCCCCCCC)COP(=O)(O)OC[C@@H](O)COP(=O)(O)OC[C@@H](COC(=O)CCCCCCCCCCCC)OC(=O)CCCCCCCCC(C)CC. The molecule has 3 N–H and O–H groups in total. The Morgan fingerprint density at radius 1 is 0.326 bits per heavy atom. The highest BCUT2D eigenvalue weighted by atomic mass is 31.2. The summed E-state index contributed by atoms with van der Waals surface area (Å²) in [6.07, 6.45) is 45.7. The van der Waals surface area contributed by atoms with Crippen LogP contribution in [0.1, 0.15) is 343 Å². The van der Waals surface area contributed by atoms with Crippen molar-refractivity contribution in [1.29, 1.82) is 0 Å². The first kappa shape index (κ1) is 84.1. The van der Waals surface area contributed by atoms with Gasteiger partial charge in [0.1, 0.15) is 19.3 Å². The largest absolute Gasteiger partial charge is 0.472 e. The van der Waals surface area contributed by atoms with Crippen LogP contribution in [0.5, 0.6) is 0 Å². The number of ether oxygens (including phenoxy) is 4. The molecule has 0 heterocycles. The number of esters is 4. The lowest BCUT2D eigenvalue weighted by atomic mass is 10.00. The fourth-order valence-electron chi connectivity index (χ4n) is 10.1. The van der Waals surface area contributed by atoms with Crippen LogP contribution in [0.3, 0.4) is 0 Å². The minimum Gasteiger partial charge on any atom is -0.462 e. The molecule has 6 atom stereocenters. The molecule has 0 aromatic carbocycles. The summed E-state index contributed by atoms with van der Waals surface area (Å²) in [6.45, 7) is 7.17. The quantitative estimate of drug-likeness (QED) is 0.0222. The number of phosphoric ester groups is 2. The number of hydrogen-bond acceptors (Lipinski definition) is 15. The molecule has 0 aliphatic rings. The third kappa shape index (κ3) is 59.7. The van der Waals surface area contributed by atoms with E-state index in [0.29, 0.717) is 25.7 Å². The Morgan fingerprint density at radius 3 is 0.826 bits per heavy atom. The summed E-state index contributed by atoms with van der Waals surface area (Å²) in [4.78, 5) is 72.3. The molecule has 0 saturated carbocycles. The lowest BCUT2D eigenvalue weighted by Crippen LogP contribution is -2.30. The van der Waals surface area contributed by atoms with Gasteiger partial charge in [-0.15, -0.1) is 0 Å². The molecule has 0 saturated heterocycles. The zero-order chi connectivity index (χ0) is 63.5. The Bertz CT molecular complexity index is 1670. The minimum absolute atomic E-state index is 0.103. The van der Waals surface area contributed by atoms with Crippen molar-refractivity contribution < 1.29 is 80.2 Å². The van der Waals surface area contributed by atoms with Crippen LogP contribution in [-0.2, 0) is 65.4 Å². The van der Waals surface area contributed by atoms with E-state index in [0.717, 1.165) is 95.8 Å². The molecule has 3 unspecified atom stereocenters. The molecule has 510 valence electrons. The number of carbonyl (C=O) groups is 4. The van der Waals surface area contributed by atoms with Crippen molar-refractivity contribution in [3.63, 3.8) is 0 Å². The van der Waals surface area contributed by atoms with Gasteiger partial charge in [0.05, 0.1) is 26.4 Å². The zero-order valence-corrected chi connectivity index (χ0v) is 57.2. The lowest BCUT2D eigenvalue weighted by molar-refractivity contribution is -0.161. The molecule has 0 aliphatic heterocycles. The highest BCUT2D eigenvalue weighted by molar-refractivity contribution is 7.47. The van der Waals surface area contributed by atoms with E-state index in [1.165, 1.54) is 167 Å². The van der Waals surface area contributed by atoms with E-state index in [1.807, 2.05) is 0 Å². The summed E-state index contributed by atoms with van der Waals surface area (Å²) >= 11 is 0. The van der Waals surface area contributed by atoms with Crippen molar-refractivity contribution in [3.05, 3.63) is 0 Å². The van der Waals surface area contributed by atoms with Gasteiger partial charge in [-0.1, -0.05) is 291 Å². The van der Waals surface area contributed by atoms with Gasteiger partial charge in [-0.05, 0) is 31.6 Å². The first-order valence-corrected chi connectivity index (χ1v) is 38.2. The molecule has 0 rings (SSSR count). The van der Waals surface area contributed by atoms with Crippen LogP contribution in [0.25, 0.3) is 0 Å². The molecular formula is C67H130O17P2. The summed E-state index contributed by atoms with van der Waals surface area (Å²) in [5.41, 5.74) is 0. The third-order valence-corrected chi connectivity index (χ3v) is 17.8. The summed E-state index contributed by atoms with van der Waals surface area (Å²) in [5.74, 6) is -1.41. The molecule has 0 bridgehead atoms. The molecule has 0 amide bonds. The molecule has 19 heteroatoms. The first-order valence-electron chi connectivity index (χ1n) is 35.2. The summed E-state index contributed by atoms with van der Waals surface area (Å²) in [6, 6.07) is 0. The van der Waals surface area contributed by atoms with Gasteiger partial charge < -0.3 is 33.8 Å². The average Bonchev–Trinajstić information content (AvgIpc) is 3.62. The predicted octanol–water partition coefficient (Wildman–Crippen LogP) is 19.0. The Labute approximate surface area is 524 Å². The molecule has 0 aromatic heterocycles. The summed E-state index contributed by atoms with van der Waals surface area (Å²) < 4.78 is 68.1. The number of phosphoric acid groups is 2. The van der Waals surface area contributed by atoms with E-state index in [1.54, 1.807) is 0 Å². The highest BCUT2D eigenvalue weighted by Crippen LogP contribution is 2.45. The smallest absolute Gasteiger partial charge is 0.462 e. The predicted molar refractivity (Wildman–Crippen MR) is 345 cm³/mol. The monoisotopic (exact) mass is 1270 g/mol. The van der Waals surface area contributed by atoms with E-state index >= 15 is 0 Å². The van der Waals surface area contributed by atoms with Crippen molar-refractivity contribution in [3.8, 4) is 0 Å². The van der Waals surface area contributed by atoms with E-state index in [9.17, 15) is 43.2 Å². The zero-order valence-electron chi connectivity index (χ0n) is 55.4. The Hall–Kier alpha value is -1.94. The average molecular weight is 1270 g/mol. The molecule has 0 radical (unpaired) electrons. The van der Waals surface area contributed by atoms with E-state index < -0.39 is 97.5 Å². The van der Waals surface area contributed by atoms with Crippen LogP contribution in [0, 0.1) is 5.92 Å². The number of unbranched alkanes of at least 4 members (excludes halogenated alkanes) is 38. The van der Waals surface area contributed by atoms with Gasteiger partial charge in [0, 0.05) is 25.7 Å². The number of carbonyl (C=O) groups excluding carboxylic acids is 4. The maximum Gasteiger partial charge on any atom is 0.472 e. The van der Waals surface area contributed by atoms with Gasteiger partial charge in [-0.25, -0.2) is 9.13 Å². The van der Waals surface area contributed by atoms with Crippen molar-refractivity contribution in [2.24, 2.45) is 5.92 Å². The minimum atomic E-state index is -4.95. The second-order valence-electron chi connectivity index (χ2n) is 24.5. The highest BCUT2D eigenvalue weighted by Gasteiger charge is 2.30. The topological polar surface area (TPSA) is 237 Å². The Balaban J connectivity index is 5.23. The first-order chi connectivity index (χ1) is 41.6. The fourth-order valence-corrected chi connectivity index (χ4v) is 11.7. The second kappa shape index (κ2) is 60.6. The fraction of sp³-hybridized carbons (Fsp3) is 0.940. The molecule has 17 nitrogen and oxygen atoms in total. The molecule has 86 heavy (non-hydrogen) atoms. The van der Waals surface area contributed by atoms with Crippen LogP contribution in [0.2, 0.25) is 0 Å². The molecular weight excluding hydrogens is 1140 g/mol. The maximum atomic E-state index is 13.0. The Kier molecular flexibility index (Phi) is 59.2. The van der Waals surface area contributed by atoms with Crippen LogP contribution < -0.4 is 0 Å². The van der Waals surface area contributed by atoms with Crippen molar-refractivity contribution in [1.82, 2.24) is 0 Å². The number of aliphatic hydroxyl groups is 1. The van der Waals surface area contributed by atoms with Crippen molar-refractivity contribution in [2.45, 2.75) is 361 Å². The number of aliphatic hydroxyl groups excluding tert-OH is 1. The van der Waals surface area contributed by atoms with Gasteiger partial charge in [-0.3, -0.25) is 37.3 Å². The normalized spacial score (nSPS) is 14.5. The molecule has 0 fully saturated rings. The van der Waals surface area contributed by atoms with Crippen LogP contribution in [0.15, 0.2) is 0 Å². The van der Waals surface area contributed by atoms with E-state index in [4.69, 9.17) is 37.0 Å².